The zero-order valence-electron chi connectivity index (χ0n) is 10.1. The summed E-state index contributed by atoms with van der Waals surface area (Å²) in [5.74, 6) is 0.671. The van der Waals surface area contributed by atoms with Crippen molar-refractivity contribution in [1.82, 2.24) is 9.88 Å². The Bertz CT molecular complexity index is 335. The lowest BCUT2D eigenvalue weighted by Gasteiger charge is -2.16. The number of nitrogens with zero attached hydrogens (tertiary/aromatic N) is 2. The molecule has 2 heterocycles. The lowest BCUT2D eigenvalue weighted by atomic mass is 10.0. The monoisotopic (exact) mass is 239 g/mol. The van der Waals surface area contributed by atoms with E-state index in [0.717, 1.165) is 19.5 Å². The van der Waals surface area contributed by atoms with Crippen LogP contribution in [0.4, 0.5) is 0 Å². The van der Waals surface area contributed by atoms with Crippen LogP contribution >= 0.6 is 11.3 Å². The van der Waals surface area contributed by atoms with Crippen molar-refractivity contribution in [2.24, 2.45) is 11.7 Å². The van der Waals surface area contributed by atoms with E-state index < -0.39 is 0 Å². The van der Waals surface area contributed by atoms with Crippen LogP contribution in [0.2, 0.25) is 0 Å². The topological polar surface area (TPSA) is 42.2 Å². The van der Waals surface area contributed by atoms with E-state index in [-0.39, 0.29) is 0 Å². The van der Waals surface area contributed by atoms with E-state index in [1.54, 1.807) is 11.3 Å². The summed E-state index contributed by atoms with van der Waals surface area (Å²) >= 11 is 1.78. The number of nitrogens with two attached hydrogens (primary N) is 1. The van der Waals surface area contributed by atoms with Crippen LogP contribution in [-0.2, 0) is 13.0 Å². The number of hydrogen-bond donors (Lipinski definition) is 1. The van der Waals surface area contributed by atoms with E-state index in [1.807, 2.05) is 0 Å². The van der Waals surface area contributed by atoms with Crippen molar-refractivity contribution in [2.75, 3.05) is 13.1 Å². The molecule has 0 bridgehead atoms. The van der Waals surface area contributed by atoms with Crippen LogP contribution in [0.1, 0.15) is 31.0 Å². The molecule has 2 rings (SSSR count). The molecule has 1 aromatic rings. The molecule has 0 spiro atoms. The Labute approximate surface area is 102 Å². The number of likely N-dealkylation sites (tertiary alicyclic amines) is 1. The largest absolute Gasteiger partial charge is 0.328 e. The van der Waals surface area contributed by atoms with Gasteiger partial charge in [0.05, 0.1) is 10.7 Å². The maximum atomic E-state index is 5.94. The molecule has 4 heteroatoms. The third-order valence-corrected chi connectivity index (χ3v) is 4.38. The Morgan fingerprint density at radius 1 is 1.69 bits per heavy atom. The van der Waals surface area contributed by atoms with E-state index in [0.29, 0.717) is 12.0 Å². The second-order valence-corrected chi connectivity index (χ2v) is 5.67. The van der Waals surface area contributed by atoms with Crippen molar-refractivity contribution >= 4 is 11.3 Å². The Kier molecular flexibility index (Phi) is 3.95. The zero-order chi connectivity index (χ0) is 11.5. The van der Waals surface area contributed by atoms with Gasteiger partial charge in [-0.05, 0) is 32.2 Å². The molecule has 1 saturated heterocycles. The van der Waals surface area contributed by atoms with Gasteiger partial charge in [0.15, 0.2) is 0 Å². The average Bonchev–Trinajstić information content (AvgIpc) is 2.87. The van der Waals surface area contributed by atoms with Crippen molar-refractivity contribution in [2.45, 2.75) is 39.3 Å². The molecule has 16 heavy (non-hydrogen) atoms. The predicted molar refractivity (Wildman–Crippen MR) is 68.5 cm³/mol. The molecule has 0 radical (unpaired) electrons. The van der Waals surface area contributed by atoms with E-state index in [9.17, 15) is 0 Å². The number of rotatable bonds is 4. The lowest BCUT2D eigenvalue weighted by molar-refractivity contribution is 0.305. The maximum Gasteiger partial charge on any atom is 0.0926 e. The van der Waals surface area contributed by atoms with E-state index >= 15 is 0 Å². The van der Waals surface area contributed by atoms with Gasteiger partial charge in [0.25, 0.3) is 0 Å². The Balaban J connectivity index is 1.87. The molecule has 90 valence electrons. The fourth-order valence-electron chi connectivity index (χ4n) is 2.25. The van der Waals surface area contributed by atoms with Crippen LogP contribution < -0.4 is 5.73 Å². The highest BCUT2D eigenvalue weighted by Crippen LogP contribution is 2.21. The fraction of sp³-hybridized carbons (Fsp3) is 0.750. The molecule has 1 fully saturated rings. The molecule has 0 saturated carbocycles. The van der Waals surface area contributed by atoms with Gasteiger partial charge in [0.1, 0.15) is 0 Å². The summed E-state index contributed by atoms with van der Waals surface area (Å²) in [5.41, 5.74) is 7.17. The normalized spacial score (nSPS) is 23.8. The number of aromatic nitrogens is 1. The Hall–Kier alpha value is -0.450. The quantitative estimate of drug-likeness (QED) is 0.872. The highest BCUT2D eigenvalue weighted by atomic mass is 32.1. The van der Waals surface area contributed by atoms with E-state index in [1.165, 1.54) is 23.7 Å². The minimum Gasteiger partial charge on any atom is -0.328 e. The maximum absolute atomic E-state index is 5.94. The van der Waals surface area contributed by atoms with Gasteiger partial charge in [-0.1, -0.05) is 6.92 Å². The van der Waals surface area contributed by atoms with Gasteiger partial charge >= 0.3 is 0 Å². The van der Waals surface area contributed by atoms with Crippen LogP contribution in [0, 0.1) is 5.92 Å². The minimum absolute atomic E-state index is 0.326. The summed E-state index contributed by atoms with van der Waals surface area (Å²) < 4.78 is 0. The lowest BCUT2D eigenvalue weighted by Crippen LogP contribution is -2.29. The molecular weight excluding hydrogens is 218 g/mol. The van der Waals surface area contributed by atoms with Crippen molar-refractivity contribution in [1.29, 1.82) is 0 Å². The number of hydrogen-bond acceptors (Lipinski definition) is 4. The molecule has 2 atom stereocenters. The first-order valence-electron chi connectivity index (χ1n) is 6.10. The summed E-state index contributed by atoms with van der Waals surface area (Å²) in [4.78, 5) is 7.08. The SMILES string of the molecule is CCc1nc(CN2CCC(C(C)N)C2)cs1. The van der Waals surface area contributed by atoms with Gasteiger partial charge < -0.3 is 5.73 Å². The molecule has 0 amide bonds. The highest BCUT2D eigenvalue weighted by Gasteiger charge is 2.25. The van der Waals surface area contributed by atoms with E-state index in [2.05, 4.69) is 29.1 Å². The van der Waals surface area contributed by atoms with Gasteiger partial charge in [-0.3, -0.25) is 4.90 Å². The third kappa shape index (κ3) is 2.81. The van der Waals surface area contributed by atoms with Crippen molar-refractivity contribution in [3.63, 3.8) is 0 Å². The Morgan fingerprint density at radius 2 is 2.50 bits per heavy atom. The van der Waals surface area contributed by atoms with Crippen LogP contribution in [0.5, 0.6) is 0 Å². The first kappa shape index (κ1) is 12.0. The smallest absolute Gasteiger partial charge is 0.0926 e. The fourth-order valence-corrected chi connectivity index (χ4v) is 2.98. The Morgan fingerprint density at radius 3 is 3.06 bits per heavy atom. The standard InChI is InChI=1S/C12H21N3S/c1-3-12-14-11(8-16-12)7-15-5-4-10(6-15)9(2)13/h8-10H,3-7,13H2,1-2H3. The number of thiazole rings is 1. The van der Waals surface area contributed by atoms with Crippen molar-refractivity contribution in [3.05, 3.63) is 16.1 Å². The van der Waals surface area contributed by atoms with Crippen LogP contribution in [0.25, 0.3) is 0 Å². The molecule has 0 aromatic carbocycles. The molecule has 1 aromatic heterocycles. The molecule has 3 nitrogen and oxygen atoms in total. The predicted octanol–water partition coefficient (Wildman–Crippen LogP) is 1.87. The average molecular weight is 239 g/mol. The van der Waals surface area contributed by atoms with Gasteiger partial charge in [-0.25, -0.2) is 4.98 Å². The highest BCUT2D eigenvalue weighted by molar-refractivity contribution is 7.09. The summed E-state index contributed by atoms with van der Waals surface area (Å²) in [6, 6.07) is 0.326. The van der Waals surface area contributed by atoms with E-state index in [4.69, 9.17) is 5.73 Å². The molecule has 0 aliphatic carbocycles. The summed E-state index contributed by atoms with van der Waals surface area (Å²) in [6.07, 6.45) is 2.29. The van der Waals surface area contributed by atoms with Crippen LogP contribution in [0.3, 0.4) is 0 Å². The van der Waals surface area contributed by atoms with Crippen LogP contribution in [0.15, 0.2) is 5.38 Å². The minimum atomic E-state index is 0.326. The van der Waals surface area contributed by atoms with Gasteiger partial charge in [-0.15, -0.1) is 11.3 Å². The third-order valence-electron chi connectivity index (χ3n) is 3.34. The summed E-state index contributed by atoms with van der Waals surface area (Å²) in [7, 11) is 0. The van der Waals surface area contributed by atoms with Gasteiger partial charge in [0.2, 0.25) is 0 Å². The van der Waals surface area contributed by atoms with Gasteiger partial charge in [-0.2, -0.15) is 0 Å². The second-order valence-electron chi connectivity index (χ2n) is 4.73. The zero-order valence-corrected chi connectivity index (χ0v) is 11.0. The van der Waals surface area contributed by atoms with Gasteiger partial charge in [0, 0.05) is 24.5 Å². The first-order valence-corrected chi connectivity index (χ1v) is 6.98. The van der Waals surface area contributed by atoms with Crippen LogP contribution in [-0.4, -0.2) is 29.0 Å². The molecular formula is C12H21N3S. The first-order chi connectivity index (χ1) is 7.69. The second kappa shape index (κ2) is 5.25. The molecule has 1 aliphatic rings. The number of aryl methyl sites for hydroxylation is 1. The summed E-state index contributed by atoms with van der Waals surface area (Å²) in [5, 5.41) is 3.44. The molecule has 2 unspecified atom stereocenters. The summed E-state index contributed by atoms with van der Waals surface area (Å²) in [6.45, 7) is 7.58. The molecule has 2 N–H and O–H groups in total. The van der Waals surface area contributed by atoms with Crippen molar-refractivity contribution < 1.29 is 0 Å². The molecule has 1 aliphatic heterocycles. The van der Waals surface area contributed by atoms with Crippen molar-refractivity contribution in [3.8, 4) is 0 Å².